The number of hydrogen-bond donors (Lipinski definition) is 2. The first-order valence-corrected chi connectivity index (χ1v) is 8.51. The molecule has 1 atom stereocenters. The van der Waals surface area contributed by atoms with E-state index in [1.165, 1.54) is 0 Å². The molecule has 1 fully saturated rings. The summed E-state index contributed by atoms with van der Waals surface area (Å²) in [5, 5.41) is 3.05. The monoisotopic (exact) mass is 343 g/mol. The quantitative estimate of drug-likeness (QED) is 0.846. The van der Waals surface area contributed by atoms with E-state index in [1.807, 2.05) is 31.2 Å². The number of H-pyrrole nitrogens is 1. The van der Waals surface area contributed by atoms with Gasteiger partial charge in [0.25, 0.3) is 5.91 Å². The van der Waals surface area contributed by atoms with Gasteiger partial charge in [0.2, 0.25) is 0 Å². The molecular formula is C19H25N3O3. The van der Waals surface area contributed by atoms with Crippen LogP contribution in [-0.4, -0.2) is 44.7 Å². The minimum absolute atomic E-state index is 0.0137. The second-order valence-electron chi connectivity index (χ2n) is 6.40. The number of nitrogens with one attached hydrogen (secondary N) is 2. The molecule has 1 aromatic carbocycles. The molecule has 0 unspecified atom stereocenters. The first kappa shape index (κ1) is 17.2. The van der Waals surface area contributed by atoms with Crippen molar-refractivity contribution in [3.05, 3.63) is 41.7 Å². The molecular weight excluding hydrogens is 318 g/mol. The zero-order valence-electron chi connectivity index (χ0n) is 15.0. The molecule has 2 N–H and O–H groups in total. The third-order valence-electron chi connectivity index (χ3n) is 4.74. The van der Waals surface area contributed by atoms with Crippen LogP contribution in [0.2, 0.25) is 0 Å². The van der Waals surface area contributed by atoms with Gasteiger partial charge >= 0.3 is 0 Å². The number of aromatic amines is 1. The maximum absolute atomic E-state index is 12.2. The summed E-state index contributed by atoms with van der Waals surface area (Å²) in [5.74, 6) is 1.99. The van der Waals surface area contributed by atoms with Gasteiger partial charge in [-0.3, -0.25) is 4.79 Å². The van der Waals surface area contributed by atoms with Crippen molar-refractivity contribution in [3.63, 3.8) is 0 Å². The summed E-state index contributed by atoms with van der Waals surface area (Å²) in [6.07, 6.45) is 2.84. The molecule has 1 aliphatic heterocycles. The first-order valence-electron chi connectivity index (χ1n) is 8.51. The van der Waals surface area contributed by atoms with E-state index in [0.717, 1.165) is 42.4 Å². The number of benzene rings is 1. The average molecular weight is 343 g/mol. The van der Waals surface area contributed by atoms with E-state index in [-0.39, 0.29) is 5.91 Å². The molecule has 0 radical (unpaired) electrons. The molecule has 1 saturated heterocycles. The molecule has 6 nitrogen and oxygen atoms in total. The van der Waals surface area contributed by atoms with Crippen LogP contribution in [0.25, 0.3) is 0 Å². The average Bonchev–Trinajstić information content (AvgIpc) is 3.28. The number of hydrogen-bond acceptors (Lipinski definition) is 4. The van der Waals surface area contributed by atoms with Crippen molar-refractivity contribution in [1.82, 2.24) is 10.3 Å². The smallest absolute Gasteiger partial charge is 0.253 e. The highest BCUT2D eigenvalue weighted by atomic mass is 16.5. The Morgan fingerprint density at radius 3 is 2.60 bits per heavy atom. The number of nitrogens with zero attached hydrogens (tertiary/aromatic N) is 1. The van der Waals surface area contributed by atoms with Crippen molar-refractivity contribution in [3.8, 4) is 11.5 Å². The van der Waals surface area contributed by atoms with Crippen LogP contribution in [-0.2, 0) is 0 Å². The number of carbonyl (C=O) groups is 1. The van der Waals surface area contributed by atoms with Gasteiger partial charge in [0.05, 0.1) is 19.8 Å². The molecule has 25 heavy (non-hydrogen) atoms. The number of ether oxygens (including phenoxy) is 2. The van der Waals surface area contributed by atoms with Crippen molar-refractivity contribution >= 4 is 11.6 Å². The van der Waals surface area contributed by atoms with Crippen LogP contribution in [0.5, 0.6) is 11.5 Å². The topological polar surface area (TPSA) is 66.6 Å². The SMILES string of the molecule is COc1cc(OC)cc(N2CC[C@@H](CNC(=O)c3cc[nH]c3C)C2)c1. The zero-order valence-corrected chi connectivity index (χ0v) is 15.0. The third-order valence-corrected chi connectivity index (χ3v) is 4.74. The number of rotatable bonds is 6. The van der Waals surface area contributed by atoms with Crippen LogP contribution in [0.4, 0.5) is 5.69 Å². The molecule has 0 aliphatic carbocycles. The number of anilines is 1. The van der Waals surface area contributed by atoms with E-state index in [0.29, 0.717) is 18.0 Å². The van der Waals surface area contributed by atoms with Gasteiger partial charge in [-0.05, 0) is 25.3 Å². The van der Waals surface area contributed by atoms with Crippen molar-refractivity contribution in [1.29, 1.82) is 0 Å². The van der Waals surface area contributed by atoms with Crippen LogP contribution in [0.15, 0.2) is 30.5 Å². The highest BCUT2D eigenvalue weighted by molar-refractivity contribution is 5.95. The number of amides is 1. The van der Waals surface area contributed by atoms with Gasteiger partial charge in [-0.1, -0.05) is 0 Å². The molecule has 1 amide bonds. The molecule has 1 aliphatic rings. The summed E-state index contributed by atoms with van der Waals surface area (Å²) in [4.78, 5) is 17.6. The van der Waals surface area contributed by atoms with Crippen LogP contribution < -0.4 is 19.7 Å². The van der Waals surface area contributed by atoms with Gasteiger partial charge < -0.3 is 24.7 Å². The fourth-order valence-electron chi connectivity index (χ4n) is 3.24. The largest absolute Gasteiger partial charge is 0.497 e. The highest BCUT2D eigenvalue weighted by Crippen LogP contribution is 2.31. The van der Waals surface area contributed by atoms with Crippen LogP contribution in [0.3, 0.4) is 0 Å². The number of aryl methyl sites for hydroxylation is 1. The minimum Gasteiger partial charge on any atom is -0.497 e. The lowest BCUT2D eigenvalue weighted by molar-refractivity contribution is 0.0948. The maximum atomic E-state index is 12.2. The number of methoxy groups -OCH3 is 2. The summed E-state index contributed by atoms with van der Waals surface area (Å²) in [6, 6.07) is 7.73. The maximum Gasteiger partial charge on any atom is 0.253 e. The molecule has 3 rings (SSSR count). The Morgan fingerprint density at radius 2 is 2.00 bits per heavy atom. The third kappa shape index (κ3) is 3.90. The van der Waals surface area contributed by atoms with Crippen molar-refractivity contribution in [2.24, 2.45) is 5.92 Å². The molecule has 2 aromatic rings. The molecule has 0 bridgehead atoms. The lowest BCUT2D eigenvalue weighted by Gasteiger charge is -2.20. The lowest BCUT2D eigenvalue weighted by Crippen LogP contribution is -2.31. The summed E-state index contributed by atoms with van der Waals surface area (Å²) >= 11 is 0. The summed E-state index contributed by atoms with van der Waals surface area (Å²) < 4.78 is 10.7. The van der Waals surface area contributed by atoms with E-state index in [2.05, 4.69) is 15.2 Å². The molecule has 6 heteroatoms. The van der Waals surface area contributed by atoms with Crippen LogP contribution in [0, 0.1) is 12.8 Å². The van der Waals surface area contributed by atoms with Crippen LogP contribution >= 0.6 is 0 Å². The zero-order chi connectivity index (χ0) is 17.8. The second-order valence-corrected chi connectivity index (χ2v) is 6.40. The van der Waals surface area contributed by atoms with Gasteiger partial charge in [-0.15, -0.1) is 0 Å². The molecule has 0 saturated carbocycles. The van der Waals surface area contributed by atoms with Gasteiger partial charge in [-0.25, -0.2) is 0 Å². The second kappa shape index (κ2) is 7.51. The normalized spacial score (nSPS) is 16.8. The predicted molar refractivity (Wildman–Crippen MR) is 97.7 cm³/mol. The fourth-order valence-corrected chi connectivity index (χ4v) is 3.24. The minimum atomic E-state index is -0.0137. The van der Waals surface area contributed by atoms with E-state index < -0.39 is 0 Å². The molecule has 134 valence electrons. The van der Waals surface area contributed by atoms with Crippen molar-refractivity contribution in [2.75, 3.05) is 38.8 Å². The Labute approximate surface area is 148 Å². The van der Waals surface area contributed by atoms with Gasteiger partial charge in [-0.2, -0.15) is 0 Å². The molecule has 0 spiro atoms. The van der Waals surface area contributed by atoms with E-state index in [4.69, 9.17) is 9.47 Å². The van der Waals surface area contributed by atoms with Gasteiger partial charge in [0.15, 0.2) is 0 Å². The Bertz CT molecular complexity index is 719. The highest BCUT2D eigenvalue weighted by Gasteiger charge is 2.24. The van der Waals surface area contributed by atoms with Gasteiger partial charge in [0, 0.05) is 55.4 Å². The Hall–Kier alpha value is -2.63. The fraction of sp³-hybridized carbons (Fsp3) is 0.421. The van der Waals surface area contributed by atoms with Gasteiger partial charge in [0.1, 0.15) is 11.5 Å². The molecule has 1 aromatic heterocycles. The Morgan fingerprint density at radius 1 is 1.28 bits per heavy atom. The van der Waals surface area contributed by atoms with E-state index >= 15 is 0 Å². The predicted octanol–water partition coefficient (Wildman–Crippen LogP) is 2.60. The van der Waals surface area contributed by atoms with E-state index in [1.54, 1.807) is 20.4 Å². The van der Waals surface area contributed by atoms with Crippen molar-refractivity contribution < 1.29 is 14.3 Å². The first-order chi connectivity index (χ1) is 12.1. The standard InChI is InChI=1S/C19H25N3O3/c1-13-18(4-6-20-13)19(23)21-11-14-5-7-22(12-14)15-8-16(24-2)10-17(9-15)25-3/h4,6,8-10,14,20H,5,7,11-12H2,1-3H3,(H,21,23)/t14-/m0/s1. The summed E-state index contributed by atoms with van der Waals surface area (Å²) in [5.41, 5.74) is 2.70. The number of aromatic nitrogens is 1. The summed E-state index contributed by atoms with van der Waals surface area (Å²) in [7, 11) is 3.31. The Kier molecular flexibility index (Phi) is 5.16. The number of carbonyl (C=O) groups excluding carboxylic acids is 1. The Balaban J connectivity index is 1.58. The van der Waals surface area contributed by atoms with E-state index in [9.17, 15) is 4.79 Å². The van der Waals surface area contributed by atoms with Crippen molar-refractivity contribution in [2.45, 2.75) is 13.3 Å². The lowest BCUT2D eigenvalue weighted by atomic mass is 10.1. The summed E-state index contributed by atoms with van der Waals surface area (Å²) in [6.45, 7) is 4.45. The molecule has 2 heterocycles. The van der Waals surface area contributed by atoms with Crippen LogP contribution in [0.1, 0.15) is 22.5 Å².